The molecule has 9 aromatic carbocycles. The molecular weight excluding hydrogens is 629 g/mol. The maximum Gasteiger partial charge on any atom is 0.0562 e. The molecule has 0 aliphatic heterocycles. The standard InChI is InChI=1S/C50H32N2/c1-3-13-33(14-4-1)39-22-11-16-36-17-12-23-40(49(36)39)35-25-28-38(29-26-35)51-45-24-10-9-21-42(45)43-31-44-48(32-47(43)51)52(37-18-5-2-6-19-37)46-30-27-34-15-7-8-20-41(34)50(44)46/h1-32H. The summed E-state index contributed by atoms with van der Waals surface area (Å²) in [7, 11) is 0. The molecule has 0 bridgehead atoms. The highest BCUT2D eigenvalue weighted by atomic mass is 15.0. The second-order valence-corrected chi connectivity index (χ2v) is 13.7. The van der Waals surface area contributed by atoms with Gasteiger partial charge in [-0.25, -0.2) is 0 Å². The van der Waals surface area contributed by atoms with E-state index < -0.39 is 0 Å². The second kappa shape index (κ2) is 11.3. The lowest BCUT2D eigenvalue weighted by Crippen LogP contribution is -1.96. The van der Waals surface area contributed by atoms with E-state index in [4.69, 9.17) is 0 Å². The van der Waals surface area contributed by atoms with E-state index in [9.17, 15) is 0 Å². The molecule has 242 valence electrons. The van der Waals surface area contributed by atoms with E-state index in [1.807, 2.05) is 0 Å². The molecule has 0 amide bonds. The second-order valence-electron chi connectivity index (χ2n) is 13.7. The summed E-state index contributed by atoms with van der Waals surface area (Å²) in [6.45, 7) is 0. The molecule has 0 fully saturated rings. The van der Waals surface area contributed by atoms with Crippen molar-refractivity contribution in [2.45, 2.75) is 0 Å². The van der Waals surface area contributed by atoms with E-state index in [1.54, 1.807) is 0 Å². The zero-order valence-electron chi connectivity index (χ0n) is 28.4. The highest BCUT2D eigenvalue weighted by Crippen LogP contribution is 2.42. The number of hydrogen-bond acceptors (Lipinski definition) is 0. The van der Waals surface area contributed by atoms with Crippen LogP contribution in [0.15, 0.2) is 194 Å². The molecule has 2 aromatic heterocycles. The van der Waals surface area contributed by atoms with Crippen LogP contribution >= 0.6 is 0 Å². The number of hydrogen-bond donors (Lipinski definition) is 0. The van der Waals surface area contributed by atoms with E-state index in [1.165, 1.54) is 87.4 Å². The molecule has 0 N–H and O–H groups in total. The van der Waals surface area contributed by atoms with Gasteiger partial charge in [0.05, 0.1) is 22.1 Å². The van der Waals surface area contributed by atoms with Gasteiger partial charge in [-0.2, -0.15) is 0 Å². The van der Waals surface area contributed by atoms with Gasteiger partial charge in [-0.1, -0.05) is 146 Å². The smallest absolute Gasteiger partial charge is 0.0562 e. The van der Waals surface area contributed by atoms with E-state index in [0.717, 1.165) is 11.4 Å². The van der Waals surface area contributed by atoms with Crippen molar-refractivity contribution in [3.63, 3.8) is 0 Å². The third-order valence-corrected chi connectivity index (χ3v) is 10.9. The summed E-state index contributed by atoms with van der Waals surface area (Å²) in [5.41, 5.74) is 12.1. The predicted octanol–water partition coefficient (Wildman–Crippen LogP) is 13.5. The summed E-state index contributed by atoms with van der Waals surface area (Å²) in [4.78, 5) is 0. The lowest BCUT2D eigenvalue weighted by atomic mass is 9.91. The fraction of sp³-hybridized carbons (Fsp3) is 0. The molecule has 2 nitrogen and oxygen atoms in total. The Morgan fingerprint density at radius 2 is 0.846 bits per heavy atom. The van der Waals surface area contributed by atoms with E-state index in [0.29, 0.717) is 0 Å². The topological polar surface area (TPSA) is 9.86 Å². The van der Waals surface area contributed by atoms with Gasteiger partial charge in [-0.15, -0.1) is 0 Å². The molecule has 0 radical (unpaired) electrons. The van der Waals surface area contributed by atoms with Crippen LogP contribution in [0.1, 0.15) is 0 Å². The fourth-order valence-corrected chi connectivity index (χ4v) is 8.61. The average Bonchev–Trinajstić information content (AvgIpc) is 3.72. The summed E-state index contributed by atoms with van der Waals surface area (Å²) in [6.07, 6.45) is 0. The maximum absolute atomic E-state index is 2.44. The third-order valence-electron chi connectivity index (χ3n) is 10.9. The minimum absolute atomic E-state index is 1.14. The van der Waals surface area contributed by atoms with Gasteiger partial charge in [0.15, 0.2) is 0 Å². The van der Waals surface area contributed by atoms with Gasteiger partial charge in [0, 0.05) is 32.9 Å². The Bertz CT molecular complexity index is 3140. The summed E-state index contributed by atoms with van der Waals surface area (Å²) in [5.74, 6) is 0. The number of nitrogens with zero attached hydrogens (tertiary/aromatic N) is 2. The molecule has 0 saturated heterocycles. The third kappa shape index (κ3) is 4.25. The Morgan fingerprint density at radius 3 is 1.62 bits per heavy atom. The normalized spacial score (nSPS) is 11.8. The van der Waals surface area contributed by atoms with Crippen LogP contribution in [-0.4, -0.2) is 9.13 Å². The molecule has 2 heteroatoms. The lowest BCUT2D eigenvalue weighted by molar-refractivity contribution is 1.16. The molecule has 11 rings (SSSR count). The molecule has 0 atom stereocenters. The fourth-order valence-electron chi connectivity index (χ4n) is 8.61. The van der Waals surface area contributed by atoms with Crippen LogP contribution in [0.25, 0.3) is 98.8 Å². The molecule has 11 aromatic rings. The van der Waals surface area contributed by atoms with Crippen LogP contribution in [0.3, 0.4) is 0 Å². The van der Waals surface area contributed by atoms with Crippen molar-refractivity contribution < 1.29 is 0 Å². The van der Waals surface area contributed by atoms with Crippen molar-refractivity contribution in [3.8, 4) is 33.6 Å². The predicted molar refractivity (Wildman–Crippen MR) is 221 cm³/mol. The van der Waals surface area contributed by atoms with Crippen LogP contribution in [-0.2, 0) is 0 Å². The largest absolute Gasteiger partial charge is 0.309 e. The van der Waals surface area contributed by atoms with Gasteiger partial charge < -0.3 is 9.13 Å². The summed E-state index contributed by atoms with van der Waals surface area (Å²) < 4.78 is 4.88. The van der Waals surface area contributed by atoms with Crippen LogP contribution in [0.2, 0.25) is 0 Å². The Kier molecular flexibility index (Phi) is 6.28. The first-order valence-electron chi connectivity index (χ1n) is 17.9. The monoisotopic (exact) mass is 660 g/mol. The average molecular weight is 661 g/mol. The minimum atomic E-state index is 1.14. The number of benzene rings is 9. The first kappa shape index (κ1) is 28.9. The van der Waals surface area contributed by atoms with E-state index in [2.05, 4.69) is 203 Å². The number of para-hydroxylation sites is 2. The molecule has 0 aliphatic rings. The van der Waals surface area contributed by atoms with Gasteiger partial charge in [0.25, 0.3) is 0 Å². The molecule has 2 heterocycles. The summed E-state index contributed by atoms with van der Waals surface area (Å²) in [6, 6.07) is 70.9. The number of aromatic nitrogens is 2. The van der Waals surface area contributed by atoms with Gasteiger partial charge in [0.2, 0.25) is 0 Å². The van der Waals surface area contributed by atoms with Crippen LogP contribution < -0.4 is 0 Å². The molecule has 0 aliphatic carbocycles. The highest BCUT2D eigenvalue weighted by Gasteiger charge is 2.20. The molecular formula is C50H32N2. The quantitative estimate of drug-likeness (QED) is 0.178. The van der Waals surface area contributed by atoms with Crippen LogP contribution in [0, 0.1) is 0 Å². The Hall–Kier alpha value is -6.90. The van der Waals surface area contributed by atoms with E-state index >= 15 is 0 Å². The maximum atomic E-state index is 2.44. The van der Waals surface area contributed by atoms with Crippen molar-refractivity contribution in [2.75, 3.05) is 0 Å². The summed E-state index contributed by atoms with van der Waals surface area (Å²) >= 11 is 0. The van der Waals surface area contributed by atoms with Crippen LogP contribution in [0.4, 0.5) is 0 Å². The lowest BCUT2D eigenvalue weighted by Gasteiger charge is -2.14. The Morgan fingerprint density at radius 1 is 0.269 bits per heavy atom. The van der Waals surface area contributed by atoms with Crippen molar-refractivity contribution in [1.29, 1.82) is 0 Å². The number of fused-ring (bicyclic) bond motifs is 9. The summed E-state index contributed by atoms with van der Waals surface area (Å²) in [5, 5.41) is 10.1. The van der Waals surface area contributed by atoms with Crippen molar-refractivity contribution >= 4 is 65.2 Å². The van der Waals surface area contributed by atoms with E-state index in [-0.39, 0.29) is 0 Å². The van der Waals surface area contributed by atoms with Gasteiger partial charge in [-0.3, -0.25) is 0 Å². The van der Waals surface area contributed by atoms with Crippen molar-refractivity contribution in [3.05, 3.63) is 194 Å². The SMILES string of the molecule is c1ccc(-c2cccc3cccc(-c4ccc(-n5c6ccccc6c6cc7c8c9ccccc9ccc8n(-c8ccccc8)c7cc65)cc4)c23)cc1. The first-order chi connectivity index (χ1) is 25.8. The van der Waals surface area contributed by atoms with Gasteiger partial charge in [-0.05, 0) is 92.3 Å². The number of rotatable bonds is 4. The van der Waals surface area contributed by atoms with Crippen LogP contribution in [0.5, 0.6) is 0 Å². The van der Waals surface area contributed by atoms with Gasteiger partial charge in [0.1, 0.15) is 0 Å². The zero-order chi connectivity index (χ0) is 34.2. The minimum Gasteiger partial charge on any atom is -0.309 e. The van der Waals surface area contributed by atoms with Crippen molar-refractivity contribution in [2.24, 2.45) is 0 Å². The molecule has 0 spiro atoms. The molecule has 52 heavy (non-hydrogen) atoms. The zero-order valence-corrected chi connectivity index (χ0v) is 28.4. The first-order valence-corrected chi connectivity index (χ1v) is 17.9. The molecule has 0 saturated carbocycles. The van der Waals surface area contributed by atoms with Crippen molar-refractivity contribution in [1.82, 2.24) is 9.13 Å². The highest BCUT2D eigenvalue weighted by molar-refractivity contribution is 6.25. The Balaban J connectivity index is 1.16. The van der Waals surface area contributed by atoms with Gasteiger partial charge >= 0.3 is 0 Å². The Labute approximate surface area is 301 Å². The molecule has 0 unspecified atom stereocenters.